The molecule has 2 heterocycles. The van der Waals surface area contributed by atoms with E-state index in [1.165, 1.54) is 17.5 Å². The first kappa shape index (κ1) is 15.0. The van der Waals surface area contributed by atoms with E-state index in [9.17, 15) is 9.59 Å². The minimum atomic E-state index is 0.00692. The smallest absolute Gasteiger partial charge is 0.342 e. The van der Waals surface area contributed by atoms with Gasteiger partial charge in [-0.3, -0.25) is 9.36 Å². The standard InChI is InChI=1S/C17H26N4O2/c1-19-17(23)21(15(18-19)12-6-7-12)14-8-10-20(11-9-14)16(22)13-4-2-3-5-13/h12-14H,2-11H2,1H3. The third-order valence-electron chi connectivity index (χ3n) is 5.77. The Hall–Kier alpha value is -1.59. The topological polar surface area (TPSA) is 60.1 Å². The van der Waals surface area contributed by atoms with Gasteiger partial charge in [0.25, 0.3) is 0 Å². The van der Waals surface area contributed by atoms with E-state index in [1.807, 2.05) is 9.47 Å². The molecule has 2 saturated carbocycles. The molecule has 0 aromatic carbocycles. The summed E-state index contributed by atoms with van der Waals surface area (Å²) in [5.41, 5.74) is 0.00692. The molecule has 4 rings (SSSR count). The van der Waals surface area contributed by atoms with Crippen LogP contribution < -0.4 is 5.69 Å². The van der Waals surface area contributed by atoms with Crippen molar-refractivity contribution in [1.82, 2.24) is 19.2 Å². The summed E-state index contributed by atoms with van der Waals surface area (Å²) in [4.78, 5) is 27.0. The van der Waals surface area contributed by atoms with Gasteiger partial charge in [-0.05, 0) is 38.5 Å². The first-order valence-corrected chi connectivity index (χ1v) is 9.09. The third-order valence-corrected chi connectivity index (χ3v) is 5.77. The third kappa shape index (κ3) is 2.72. The summed E-state index contributed by atoms with van der Waals surface area (Å²) in [5.74, 6) is 2.05. The van der Waals surface area contributed by atoms with Crippen molar-refractivity contribution in [3.63, 3.8) is 0 Å². The van der Waals surface area contributed by atoms with Crippen molar-refractivity contribution in [2.24, 2.45) is 13.0 Å². The number of amides is 1. The van der Waals surface area contributed by atoms with Crippen LogP contribution in [0.5, 0.6) is 0 Å². The Morgan fingerprint density at radius 3 is 2.30 bits per heavy atom. The largest absolute Gasteiger partial charge is 0.345 e. The molecule has 126 valence electrons. The average Bonchev–Trinajstić information content (AvgIpc) is 3.18. The maximum absolute atomic E-state index is 12.5. The van der Waals surface area contributed by atoms with Gasteiger partial charge >= 0.3 is 5.69 Å². The van der Waals surface area contributed by atoms with Gasteiger partial charge < -0.3 is 4.90 Å². The number of hydrogen-bond acceptors (Lipinski definition) is 3. The second-order valence-corrected chi connectivity index (χ2v) is 7.45. The maximum Gasteiger partial charge on any atom is 0.345 e. The molecule has 1 amide bonds. The Balaban J connectivity index is 1.45. The van der Waals surface area contributed by atoms with Crippen LogP contribution in [0.25, 0.3) is 0 Å². The van der Waals surface area contributed by atoms with Crippen molar-refractivity contribution in [3.8, 4) is 0 Å². The maximum atomic E-state index is 12.5. The normalized spacial score (nSPS) is 23.6. The van der Waals surface area contributed by atoms with Gasteiger partial charge in [-0.15, -0.1) is 0 Å². The summed E-state index contributed by atoms with van der Waals surface area (Å²) in [5, 5.41) is 4.45. The summed E-state index contributed by atoms with van der Waals surface area (Å²) < 4.78 is 3.40. The fourth-order valence-corrected chi connectivity index (χ4v) is 4.24. The molecule has 3 fully saturated rings. The lowest BCUT2D eigenvalue weighted by atomic mass is 10.0. The number of carbonyl (C=O) groups is 1. The molecule has 1 aromatic heterocycles. The van der Waals surface area contributed by atoms with Gasteiger partial charge in [0.05, 0.1) is 0 Å². The molecule has 6 heteroatoms. The van der Waals surface area contributed by atoms with Crippen LogP contribution in [-0.4, -0.2) is 38.2 Å². The van der Waals surface area contributed by atoms with Gasteiger partial charge in [-0.2, -0.15) is 5.10 Å². The average molecular weight is 318 g/mol. The van der Waals surface area contributed by atoms with Crippen LogP contribution in [0.4, 0.5) is 0 Å². The zero-order valence-corrected chi connectivity index (χ0v) is 13.9. The quantitative estimate of drug-likeness (QED) is 0.854. The Kier molecular flexibility index (Phi) is 3.77. The molecule has 3 aliphatic rings. The molecule has 0 spiro atoms. The lowest BCUT2D eigenvalue weighted by Crippen LogP contribution is -2.43. The molecule has 23 heavy (non-hydrogen) atoms. The molecular weight excluding hydrogens is 292 g/mol. The Bertz CT molecular complexity index is 644. The first-order chi connectivity index (χ1) is 11.1. The van der Waals surface area contributed by atoms with Crippen LogP contribution in [0.1, 0.15) is 69.2 Å². The van der Waals surface area contributed by atoms with E-state index in [1.54, 1.807) is 7.05 Å². The number of likely N-dealkylation sites (tertiary alicyclic amines) is 1. The molecule has 2 aliphatic carbocycles. The van der Waals surface area contributed by atoms with E-state index in [0.717, 1.165) is 57.4 Å². The minimum Gasteiger partial charge on any atom is -0.342 e. The van der Waals surface area contributed by atoms with Crippen molar-refractivity contribution in [3.05, 3.63) is 16.3 Å². The van der Waals surface area contributed by atoms with Crippen LogP contribution in [0.3, 0.4) is 0 Å². The highest BCUT2D eigenvalue weighted by molar-refractivity contribution is 5.79. The number of carbonyl (C=O) groups excluding carboxylic acids is 1. The molecule has 1 saturated heterocycles. The molecule has 0 bridgehead atoms. The molecule has 0 radical (unpaired) electrons. The Labute approximate surface area is 136 Å². The van der Waals surface area contributed by atoms with Gasteiger partial charge in [0.2, 0.25) is 5.91 Å². The van der Waals surface area contributed by atoms with Gasteiger partial charge in [-0.25, -0.2) is 9.48 Å². The molecule has 0 atom stereocenters. The number of hydrogen-bond donors (Lipinski definition) is 0. The fourth-order valence-electron chi connectivity index (χ4n) is 4.24. The first-order valence-electron chi connectivity index (χ1n) is 9.09. The summed E-state index contributed by atoms with van der Waals surface area (Å²) >= 11 is 0. The lowest BCUT2D eigenvalue weighted by molar-refractivity contribution is -0.136. The number of aryl methyl sites for hydroxylation is 1. The van der Waals surface area contributed by atoms with E-state index in [0.29, 0.717) is 11.8 Å². The highest BCUT2D eigenvalue weighted by Crippen LogP contribution is 2.40. The summed E-state index contributed by atoms with van der Waals surface area (Å²) in [6.07, 6.45) is 8.57. The van der Waals surface area contributed by atoms with Crippen molar-refractivity contribution in [1.29, 1.82) is 0 Å². The van der Waals surface area contributed by atoms with E-state index in [4.69, 9.17) is 0 Å². The zero-order chi connectivity index (χ0) is 16.0. The highest BCUT2D eigenvalue weighted by atomic mass is 16.2. The molecule has 6 nitrogen and oxygen atoms in total. The van der Waals surface area contributed by atoms with E-state index >= 15 is 0 Å². The molecule has 1 aromatic rings. The predicted octanol–water partition coefficient (Wildman–Crippen LogP) is 1.81. The van der Waals surface area contributed by atoms with Gasteiger partial charge in [-0.1, -0.05) is 12.8 Å². The second kappa shape index (κ2) is 5.80. The monoisotopic (exact) mass is 318 g/mol. The van der Waals surface area contributed by atoms with Crippen molar-refractivity contribution in [2.75, 3.05) is 13.1 Å². The molecule has 1 aliphatic heterocycles. The Morgan fingerprint density at radius 2 is 1.70 bits per heavy atom. The number of rotatable bonds is 3. The summed E-state index contributed by atoms with van der Waals surface area (Å²) in [7, 11) is 1.74. The fraction of sp³-hybridized carbons (Fsp3) is 0.824. The van der Waals surface area contributed by atoms with Crippen molar-refractivity contribution in [2.45, 2.75) is 63.3 Å². The van der Waals surface area contributed by atoms with E-state index in [-0.39, 0.29) is 17.6 Å². The predicted molar refractivity (Wildman–Crippen MR) is 86.3 cm³/mol. The van der Waals surface area contributed by atoms with Crippen molar-refractivity contribution >= 4 is 5.91 Å². The molecule has 0 unspecified atom stereocenters. The molecule has 0 N–H and O–H groups in total. The lowest BCUT2D eigenvalue weighted by Gasteiger charge is -2.34. The van der Waals surface area contributed by atoms with Gasteiger partial charge in [0.1, 0.15) is 5.82 Å². The highest BCUT2D eigenvalue weighted by Gasteiger charge is 2.35. The SMILES string of the molecule is Cn1nc(C2CC2)n(C2CCN(C(=O)C3CCCC3)CC2)c1=O. The number of nitrogens with zero attached hydrogens (tertiary/aromatic N) is 4. The molecular formula is C17H26N4O2. The summed E-state index contributed by atoms with van der Waals surface area (Å²) in [6.45, 7) is 1.57. The Morgan fingerprint density at radius 1 is 1.04 bits per heavy atom. The van der Waals surface area contributed by atoms with Crippen molar-refractivity contribution < 1.29 is 4.79 Å². The van der Waals surface area contributed by atoms with E-state index in [2.05, 4.69) is 5.10 Å². The summed E-state index contributed by atoms with van der Waals surface area (Å²) in [6, 6.07) is 0.208. The van der Waals surface area contributed by atoms with Crippen LogP contribution in [-0.2, 0) is 11.8 Å². The van der Waals surface area contributed by atoms with Crippen LogP contribution in [0, 0.1) is 5.92 Å². The van der Waals surface area contributed by atoms with Crippen LogP contribution in [0.2, 0.25) is 0 Å². The van der Waals surface area contributed by atoms with Gasteiger partial charge in [0, 0.05) is 38.0 Å². The number of piperidine rings is 1. The second-order valence-electron chi connectivity index (χ2n) is 7.45. The minimum absolute atomic E-state index is 0.00692. The number of aromatic nitrogens is 3. The van der Waals surface area contributed by atoms with Crippen LogP contribution >= 0.6 is 0 Å². The zero-order valence-electron chi connectivity index (χ0n) is 13.9. The van der Waals surface area contributed by atoms with Gasteiger partial charge in [0.15, 0.2) is 0 Å². The van der Waals surface area contributed by atoms with Crippen LogP contribution in [0.15, 0.2) is 4.79 Å². The van der Waals surface area contributed by atoms with E-state index < -0.39 is 0 Å².